The number of nitrogens with one attached hydrogen (secondary N) is 1. The van der Waals surface area contributed by atoms with E-state index < -0.39 is 0 Å². The molecule has 34 heavy (non-hydrogen) atoms. The number of piperidine rings is 1. The molecule has 7 nitrogen and oxygen atoms in total. The number of benzene rings is 2. The van der Waals surface area contributed by atoms with Crippen LogP contribution in [-0.4, -0.2) is 54.8 Å². The lowest BCUT2D eigenvalue weighted by Gasteiger charge is -2.45. The van der Waals surface area contributed by atoms with Gasteiger partial charge in [0.1, 0.15) is 12.6 Å². The highest BCUT2D eigenvalue weighted by atomic mass is 16.2. The quantitative estimate of drug-likeness (QED) is 0.680. The van der Waals surface area contributed by atoms with Gasteiger partial charge in [-0.2, -0.15) is 0 Å². The summed E-state index contributed by atoms with van der Waals surface area (Å²) in [6, 6.07) is 14.9. The first kappa shape index (κ1) is 23.8. The molecule has 3 amide bonds. The minimum atomic E-state index is -0.259. The fourth-order valence-electron chi connectivity index (χ4n) is 5.00. The molecule has 7 heteroatoms. The Balaban J connectivity index is 1.63. The van der Waals surface area contributed by atoms with Crippen molar-refractivity contribution in [3.63, 3.8) is 0 Å². The van der Waals surface area contributed by atoms with E-state index in [4.69, 9.17) is 0 Å². The summed E-state index contributed by atoms with van der Waals surface area (Å²) in [5.74, 6) is -0.356. The number of nitrogens with zero attached hydrogens (tertiary/aromatic N) is 3. The van der Waals surface area contributed by atoms with Crippen LogP contribution in [0.5, 0.6) is 0 Å². The molecule has 0 radical (unpaired) electrons. The van der Waals surface area contributed by atoms with Gasteiger partial charge in [-0.25, -0.2) is 0 Å². The summed E-state index contributed by atoms with van der Waals surface area (Å²) < 4.78 is 0. The molecule has 2 unspecified atom stereocenters. The summed E-state index contributed by atoms with van der Waals surface area (Å²) in [7, 11) is 0. The zero-order valence-corrected chi connectivity index (χ0v) is 20.3. The first-order chi connectivity index (χ1) is 16.4. The standard InChI is InChI=1S/C27H34N4O3/c1-4-29(5-2)26(33)21-14-15-22-24(17-21)31(27(34)23-13-9-10-16-30(22)23)18-25(32)28-19(3)20-11-7-6-8-12-20/h6-8,11-12,14-15,17,19,23H,4-5,9-10,13,16,18H2,1-3H3,(H,28,32). The van der Waals surface area contributed by atoms with E-state index in [2.05, 4.69) is 10.2 Å². The van der Waals surface area contributed by atoms with Crippen LogP contribution in [0.2, 0.25) is 0 Å². The van der Waals surface area contributed by atoms with Crippen LogP contribution in [-0.2, 0) is 9.59 Å². The normalized spacial score (nSPS) is 18.1. The second-order valence-electron chi connectivity index (χ2n) is 9.01. The number of carbonyl (C=O) groups excluding carboxylic acids is 3. The third kappa shape index (κ3) is 4.65. The van der Waals surface area contributed by atoms with E-state index in [1.807, 2.05) is 63.2 Å². The van der Waals surface area contributed by atoms with Gasteiger partial charge in [-0.05, 0) is 63.8 Å². The minimum absolute atomic E-state index is 0.0666. The van der Waals surface area contributed by atoms with Crippen molar-refractivity contribution in [1.82, 2.24) is 10.2 Å². The Morgan fingerprint density at radius 1 is 1.06 bits per heavy atom. The molecule has 2 aliphatic heterocycles. The summed E-state index contributed by atoms with van der Waals surface area (Å²) >= 11 is 0. The maximum absolute atomic E-state index is 13.6. The van der Waals surface area contributed by atoms with Crippen LogP contribution >= 0.6 is 0 Å². The summed E-state index contributed by atoms with van der Waals surface area (Å²) in [5, 5.41) is 3.02. The fourth-order valence-corrected chi connectivity index (χ4v) is 5.00. The Morgan fingerprint density at radius 3 is 2.50 bits per heavy atom. The third-order valence-electron chi connectivity index (χ3n) is 6.91. The van der Waals surface area contributed by atoms with Gasteiger partial charge < -0.3 is 15.1 Å². The van der Waals surface area contributed by atoms with Crippen molar-refractivity contribution in [2.45, 2.75) is 52.1 Å². The summed E-state index contributed by atoms with van der Waals surface area (Å²) in [4.78, 5) is 45.1. The first-order valence-corrected chi connectivity index (χ1v) is 12.3. The summed E-state index contributed by atoms with van der Waals surface area (Å²) in [6.07, 6.45) is 2.79. The molecule has 0 bridgehead atoms. The molecule has 180 valence electrons. The van der Waals surface area contributed by atoms with Crippen LogP contribution in [0.15, 0.2) is 48.5 Å². The molecule has 4 rings (SSSR count). The maximum atomic E-state index is 13.6. The highest BCUT2D eigenvalue weighted by Crippen LogP contribution is 2.40. The second-order valence-corrected chi connectivity index (χ2v) is 9.01. The average Bonchev–Trinajstić information content (AvgIpc) is 2.87. The van der Waals surface area contributed by atoms with Gasteiger partial charge in [0.05, 0.1) is 17.4 Å². The molecular weight excluding hydrogens is 428 g/mol. The van der Waals surface area contributed by atoms with E-state index in [0.29, 0.717) is 24.3 Å². The molecule has 2 aromatic carbocycles. The third-order valence-corrected chi connectivity index (χ3v) is 6.91. The van der Waals surface area contributed by atoms with E-state index in [0.717, 1.165) is 37.1 Å². The number of fused-ring (bicyclic) bond motifs is 3. The summed E-state index contributed by atoms with van der Waals surface area (Å²) in [6.45, 7) is 7.79. The average molecular weight is 463 g/mol. The van der Waals surface area contributed by atoms with Crippen molar-refractivity contribution < 1.29 is 14.4 Å². The molecule has 0 aromatic heterocycles. The molecule has 2 aliphatic rings. The Hall–Kier alpha value is -3.35. The SMILES string of the molecule is CCN(CC)C(=O)c1ccc2c(c1)N(CC(=O)NC(C)c1ccccc1)C(=O)C1CCCCN21. The number of amides is 3. The van der Waals surface area contributed by atoms with Gasteiger partial charge in [0.2, 0.25) is 11.8 Å². The topological polar surface area (TPSA) is 73.0 Å². The molecule has 1 N–H and O–H groups in total. The van der Waals surface area contributed by atoms with Crippen molar-refractivity contribution >= 4 is 29.1 Å². The second kappa shape index (κ2) is 10.3. The van der Waals surface area contributed by atoms with Crippen LogP contribution < -0.4 is 15.1 Å². The lowest BCUT2D eigenvalue weighted by atomic mass is 9.95. The monoisotopic (exact) mass is 462 g/mol. The molecule has 1 saturated heterocycles. The molecule has 2 heterocycles. The van der Waals surface area contributed by atoms with Crippen molar-refractivity contribution in [3.8, 4) is 0 Å². The van der Waals surface area contributed by atoms with Gasteiger partial charge >= 0.3 is 0 Å². The van der Waals surface area contributed by atoms with Gasteiger partial charge in [0.25, 0.3) is 5.91 Å². The fraction of sp³-hybridized carbons (Fsp3) is 0.444. The number of anilines is 2. The number of hydrogen-bond donors (Lipinski definition) is 1. The van der Waals surface area contributed by atoms with Gasteiger partial charge in [0, 0.05) is 25.2 Å². The van der Waals surface area contributed by atoms with E-state index in [-0.39, 0.29) is 36.3 Å². The summed E-state index contributed by atoms with van der Waals surface area (Å²) in [5.41, 5.74) is 3.11. The van der Waals surface area contributed by atoms with Gasteiger partial charge in [0.15, 0.2) is 0 Å². The highest BCUT2D eigenvalue weighted by molar-refractivity contribution is 6.09. The van der Waals surface area contributed by atoms with E-state index in [1.54, 1.807) is 15.9 Å². The first-order valence-electron chi connectivity index (χ1n) is 12.3. The number of rotatable bonds is 7. The molecule has 0 aliphatic carbocycles. The number of carbonyl (C=O) groups is 3. The Labute approximate surface area is 201 Å². The van der Waals surface area contributed by atoms with Crippen molar-refractivity contribution in [1.29, 1.82) is 0 Å². The van der Waals surface area contributed by atoms with Gasteiger partial charge in [-0.3, -0.25) is 19.3 Å². The molecule has 0 saturated carbocycles. The van der Waals surface area contributed by atoms with Crippen molar-refractivity contribution in [3.05, 3.63) is 59.7 Å². The molecule has 2 aromatic rings. The maximum Gasteiger partial charge on any atom is 0.253 e. The minimum Gasteiger partial charge on any atom is -0.358 e. The van der Waals surface area contributed by atoms with E-state index in [1.165, 1.54) is 0 Å². The number of hydrogen-bond acceptors (Lipinski definition) is 4. The molecule has 0 spiro atoms. The Bertz CT molecular complexity index is 1050. The zero-order valence-electron chi connectivity index (χ0n) is 20.3. The predicted octanol–water partition coefficient (Wildman–Crippen LogP) is 3.75. The van der Waals surface area contributed by atoms with Gasteiger partial charge in [-0.15, -0.1) is 0 Å². The highest BCUT2D eigenvalue weighted by Gasteiger charge is 2.40. The van der Waals surface area contributed by atoms with Crippen LogP contribution in [0.4, 0.5) is 11.4 Å². The van der Waals surface area contributed by atoms with E-state index >= 15 is 0 Å². The van der Waals surface area contributed by atoms with Crippen LogP contribution in [0.25, 0.3) is 0 Å². The van der Waals surface area contributed by atoms with Crippen LogP contribution in [0.1, 0.15) is 62.0 Å². The Morgan fingerprint density at radius 2 is 1.79 bits per heavy atom. The van der Waals surface area contributed by atoms with Crippen LogP contribution in [0, 0.1) is 0 Å². The van der Waals surface area contributed by atoms with Crippen molar-refractivity contribution in [2.24, 2.45) is 0 Å². The molecule has 2 atom stereocenters. The molecular formula is C27H34N4O3. The molecule has 1 fully saturated rings. The van der Waals surface area contributed by atoms with E-state index in [9.17, 15) is 14.4 Å². The predicted molar refractivity (Wildman–Crippen MR) is 134 cm³/mol. The smallest absolute Gasteiger partial charge is 0.253 e. The largest absolute Gasteiger partial charge is 0.358 e. The lowest BCUT2D eigenvalue weighted by Crippen LogP contribution is -2.57. The van der Waals surface area contributed by atoms with Gasteiger partial charge in [-0.1, -0.05) is 30.3 Å². The van der Waals surface area contributed by atoms with Crippen molar-refractivity contribution in [2.75, 3.05) is 36.0 Å². The lowest BCUT2D eigenvalue weighted by molar-refractivity contribution is -0.125. The van der Waals surface area contributed by atoms with Crippen LogP contribution in [0.3, 0.4) is 0 Å². The zero-order chi connectivity index (χ0) is 24.2. The Kier molecular flexibility index (Phi) is 7.20.